The molecule has 0 aliphatic rings. The van der Waals surface area contributed by atoms with E-state index >= 15 is 0 Å². The third-order valence-electron chi connectivity index (χ3n) is 8.14. The van der Waals surface area contributed by atoms with Gasteiger partial charge in [0.25, 0.3) is 0 Å². The average Bonchev–Trinajstić information content (AvgIpc) is 3.14. The van der Waals surface area contributed by atoms with Crippen molar-refractivity contribution in [3.8, 4) is 0 Å². The van der Waals surface area contributed by atoms with E-state index in [-0.39, 0.29) is 43.0 Å². The summed E-state index contributed by atoms with van der Waals surface area (Å²) in [6.07, 6.45) is 2.05. The van der Waals surface area contributed by atoms with Crippen LogP contribution in [0.2, 0.25) is 5.32 Å². The number of hydrogen-bond acceptors (Lipinski definition) is 13. The molecule has 0 fully saturated rings. The summed E-state index contributed by atoms with van der Waals surface area (Å²) >= 11 is 2.59. The van der Waals surface area contributed by atoms with E-state index in [0.29, 0.717) is 25.8 Å². The van der Waals surface area contributed by atoms with Crippen molar-refractivity contribution in [2.45, 2.75) is 120 Å². The van der Waals surface area contributed by atoms with E-state index in [9.17, 15) is 43.5 Å². The van der Waals surface area contributed by atoms with E-state index in [1.165, 1.54) is 13.8 Å². The van der Waals surface area contributed by atoms with E-state index in [1.807, 2.05) is 19.2 Å². The molecule has 0 aliphatic heterocycles. The topological polar surface area (TPSA) is 398 Å². The second-order valence-corrected chi connectivity index (χ2v) is 14.3. The van der Waals surface area contributed by atoms with Gasteiger partial charge in [-0.3, -0.25) is 4.79 Å². The number of aliphatic hydroxyl groups is 2. The zero-order valence-electron chi connectivity index (χ0n) is 32.7. The summed E-state index contributed by atoms with van der Waals surface area (Å²) in [5.74, 6) is -7.52. The molecule has 8 atom stereocenters. The fourth-order valence-corrected chi connectivity index (χ4v) is 5.35. The number of aliphatic hydroxyl groups excluding tert-OH is 2. The normalized spacial score (nSPS) is 15.2. The van der Waals surface area contributed by atoms with Gasteiger partial charge in [0.2, 0.25) is 5.91 Å². The summed E-state index contributed by atoms with van der Waals surface area (Å²) in [5.41, 5.74) is 22.3. The molecule has 0 unspecified atom stereocenters. The molecule has 1 radical (unpaired) electrons. The zero-order valence-corrected chi connectivity index (χ0v) is 34.5. The Morgan fingerprint density at radius 2 is 1.05 bits per heavy atom. The van der Waals surface area contributed by atoms with Crippen LogP contribution in [0.3, 0.4) is 0 Å². The Kier molecular flexibility index (Phi) is 25.6. The van der Waals surface area contributed by atoms with Gasteiger partial charge in [0, 0.05) is 0 Å². The van der Waals surface area contributed by atoms with Crippen LogP contribution in [0.1, 0.15) is 66.2 Å². The van der Waals surface area contributed by atoms with E-state index < -0.39 is 109 Å². The fourth-order valence-electron chi connectivity index (χ4n) is 4.85. The quantitative estimate of drug-likeness (QED) is 0.0150. The van der Waals surface area contributed by atoms with Crippen LogP contribution in [0.5, 0.6) is 0 Å². The molecule has 57 heavy (non-hydrogen) atoms. The number of amides is 7. The number of rotatable bonds is 28. The molecular formula is C33H61N12O11Se. The first-order valence-electron chi connectivity index (χ1n) is 18.4. The molecule has 0 bridgehead atoms. The number of unbranched alkanes of at least 4 members (excludes halogenated alkanes) is 1. The Labute approximate surface area is 339 Å². The van der Waals surface area contributed by atoms with Crippen LogP contribution in [0.4, 0.5) is 0 Å². The summed E-state index contributed by atoms with van der Waals surface area (Å²) in [6, 6.07) is -10.4. The van der Waals surface area contributed by atoms with Gasteiger partial charge in [-0.1, -0.05) is 20.3 Å². The maximum atomic E-state index is 13.5. The van der Waals surface area contributed by atoms with Gasteiger partial charge >= 0.3 is 251 Å². The summed E-state index contributed by atoms with van der Waals surface area (Å²) in [6.45, 7) is 4.92. The van der Waals surface area contributed by atoms with E-state index in [4.69, 9.17) is 33.1 Å². The number of nitrogens with one attached hydrogen (secondary N) is 7. The summed E-state index contributed by atoms with van der Waals surface area (Å²) in [4.78, 5) is 106. The Morgan fingerprint density at radius 3 is 1.53 bits per heavy atom. The minimum absolute atomic E-state index is 0.0269. The smallest absolute Gasteiger partial charge is 0.480 e. The molecule has 18 N–H and O–H groups in total. The Morgan fingerprint density at radius 1 is 0.596 bits per heavy atom. The van der Waals surface area contributed by atoms with Crippen molar-refractivity contribution in [1.29, 1.82) is 0 Å². The number of carboxylic acids is 1. The average molecular weight is 881 g/mol. The summed E-state index contributed by atoms with van der Waals surface area (Å²) in [5, 5.41) is 44.5. The van der Waals surface area contributed by atoms with Crippen molar-refractivity contribution in [2.24, 2.45) is 33.8 Å². The predicted molar refractivity (Wildman–Crippen MR) is 207 cm³/mol. The molecule has 0 saturated heterocycles. The van der Waals surface area contributed by atoms with Gasteiger partial charge in [-0.15, -0.1) is 0 Å². The molecule has 0 heterocycles. The molecular weight excluding hydrogens is 819 g/mol. The zero-order chi connectivity index (χ0) is 43.8. The molecule has 0 aromatic carbocycles. The van der Waals surface area contributed by atoms with Gasteiger partial charge in [-0.2, -0.15) is 0 Å². The number of aliphatic carboxylic acids is 1. The number of nitrogens with zero attached hydrogens (tertiary/aromatic N) is 1. The summed E-state index contributed by atoms with van der Waals surface area (Å²) in [7, 11) is 0. The first-order chi connectivity index (χ1) is 26.7. The molecule has 0 rings (SSSR count). The fraction of sp³-hybridized carbons (Fsp3) is 0.727. The Bertz CT molecular complexity index is 1390. The van der Waals surface area contributed by atoms with Gasteiger partial charge in [0.05, 0.1) is 6.04 Å². The molecule has 23 nitrogen and oxygen atoms in total. The Balaban J connectivity index is 5.81. The van der Waals surface area contributed by atoms with Crippen molar-refractivity contribution in [1.82, 2.24) is 37.2 Å². The number of carboxylic acid groups (broad SMARTS) is 1. The molecule has 7 amide bonds. The first kappa shape index (κ1) is 52.4. The van der Waals surface area contributed by atoms with Crippen molar-refractivity contribution in [3.63, 3.8) is 0 Å². The van der Waals surface area contributed by atoms with Crippen LogP contribution in [-0.4, -0.2) is 159 Å². The van der Waals surface area contributed by atoms with Gasteiger partial charge in [-0.25, -0.2) is 4.79 Å². The number of aliphatic imine (C=N–C) groups is 1. The number of carbonyl (C=O) groups excluding carboxylic acids is 7. The van der Waals surface area contributed by atoms with Gasteiger partial charge in [0.15, 0.2) is 0 Å². The van der Waals surface area contributed by atoms with Crippen molar-refractivity contribution >= 4 is 69.3 Å². The number of hydrogen-bond donors (Lipinski definition) is 14. The van der Waals surface area contributed by atoms with Gasteiger partial charge in [0.1, 0.15) is 0 Å². The first-order valence-corrected chi connectivity index (χ1v) is 19.6. The van der Waals surface area contributed by atoms with E-state index in [2.05, 4.69) is 52.9 Å². The molecule has 0 spiro atoms. The predicted octanol–water partition coefficient (Wildman–Crippen LogP) is -6.37. The molecule has 0 aromatic heterocycles. The van der Waals surface area contributed by atoms with E-state index in [1.54, 1.807) is 0 Å². The number of guanidine groups is 1. The van der Waals surface area contributed by atoms with Crippen LogP contribution >= 0.6 is 0 Å². The standard InChI is InChI=1S/C33H61N12O11Se/c1-16(2)12-21(42-27(50)19(35)8-5-6-10-34)29(52)39-17(3)25(48)41-20(9-7-11-38-33(36)37)28(51)45-24(15-57)31(54)43-22(13-46)30(53)40-18(4)26(49)44-23(14-47)32(55)56/h16-24,46-47H,5-15,34-35H2,1-4H3,(H,39,52)(H,40,53)(H,41,48)(H,42,50)(H,43,54)(H,44,49)(H,45,51)(H,55,56)(H4,36,37,38)/t17-,18-,19-,20-,21-,22-,23-,24-/m0/s1. The SMILES string of the molecule is CC(C)C[C@H](NC(=O)[C@@H](N)CCCCN)C(=O)N[C@@H](C)C(=O)N[C@@H](CCCN=C(N)N)C(=O)N[C@@H](C[Se])C(=O)N[C@@H](CO)C(=O)N[C@@H](C)C(=O)N[C@@H](CO)C(=O)O. The van der Waals surface area contributed by atoms with Crippen LogP contribution in [-0.2, 0) is 38.4 Å². The number of carbonyl (C=O) groups is 8. The van der Waals surface area contributed by atoms with Crippen molar-refractivity contribution < 1.29 is 53.7 Å². The minimum Gasteiger partial charge on any atom is -0.480 e. The maximum absolute atomic E-state index is 13.5. The molecule has 24 heteroatoms. The third-order valence-corrected chi connectivity index (χ3v) is 8.84. The van der Waals surface area contributed by atoms with Crippen LogP contribution in [0, 0.1) is 5.92 Å². The van der Waals surface area contributed by atoms with Gasteiger partial charge < -0.3 is 21.7 Å². The molecule has 0 aromatic rings. The van der Waals surface area contributed by atoms with Crippen molar-refractivity contribution in [2.75, 3.05) is 26.3 Å². The van der Waals surface area contributed by atoms with Crippen LogP contribution in [0.15, 0.2) is 4.99 Å². The van der Waals surface area contributed by atoms with E-state index in [0.717, 1.165) is 0 Å². The van der Waals surface area contributed by atoms with Gasteiger partial charge in [-0.05, 0) is 25.3 Å². The summed E-state index contributed by atoms with van der Waals surface area (Å²) < 4.78 is 0. The third kappa shape index (κ3) is 20.9. The second-order valence-electron chi connectivity index (χ2n) is 13.6. The molecule has 0 aliphatic carbocycles. The van der Waals surface area contributed by atoms with Crippen LogP contribution in [0.25, 0.3) is 0 Å². The minimum atomic E-state index is -1.64. The van der Waals surface area contributed by atoms with Crippen LogP contribution < -0.4 is 60.2 Å². The van der Waals surface area contributed by atoms with Crippen molar-refractivity contribution in [3.05, 3.63) is 0 Å². The molecule has 0 saturated carbocycles. The molecule has 325 valence electrons. The monoisotopic (exact) mass is 881 g/mol. The number of nitrogens with two attached hydrogens (primary N) is 4. The Hall–Kier alpha value is -4.61. The second kappa shape index (κ2) is 27.9.